The van der Waals surface area contributed by atoms with Crippen molar-refractivity contribution in [1.29, 1.82) is 0 Å². The Labute approximate surface area is 138 Å². The Bertz CT molecular complexity index is 847. The van der Waals surface area contributed by atoms with Crippen LogP contribution in [0.1, 0.15) is 36.7 Å². The molecule has 0 saturated carbocycles. The average molecular weight is 328 g/mol. The number of benzene rings is 1. The number of allylic oxidation sites excluding steroid dienone is 5. The molecule has 0 spiro atoms. The molecule has 0 aliphatic heterocycles. The number of non-ortho nitro benzene ring substituents is 1. The molecule has 0 N–H and O–H groups in total. The van der Waals surface area contributed by atoms with E-state index >= 15 is 0 Å². The van der Waals surface area contributed by atoms with E-state index in [0.717, 1.165) is 0 Å². The molecule has 0 atom stereocenters. The highest BCUT2D eigenvalue weighted by Gasteiger charge is 2.39. The van der Waals surface area contributed by atoms with E-state index in [1.807, 2.05) is 13.8 Å². The smallest absolute Gasteiger partial charge is 0.270 e. The summed E-state index contributed by atoms with van der Waals surface area (Å²) in [7, 11) is 0. The van der Waals surface area contributed by atoms with Crippen LogP contribution in [0.15, 0.2) is 53.8 Å². The maximum atomic E-state index is 12.6. The summed E-state index contributed by atoms with van der Waals surface area (Å²) in [5, 5.41) is 21.7. The molecule has 0 saturated heterocycles. The van der Waals surface area contributed by atoms with Crippen molar-refractivity contribution in [2.45, 2.75) is 26.2 Å². The zero-order valence-corrected chi connectivity index (χ0v) is 13.5. The number of nitro benzene ring substituents is 1. The van der Waals surface area contributed by atoms with Crippen molar-refractivity contribution in [1.82, 2.24) is 0 Å². The third kappa shape index (κ3) is 2.76. The van der Waals surface area contributed by atoms with Gasteiger partial charge in [-0.15, -0.1) is 0 Å². The predicted molar refractivity (Wildman–Crippen MR) is 88.4 cm³/mol. The van der Waals surface area contributed by atoms with Crippen molar-refractivity contribution in [3.63, 3.8) is 0 Å². The molecule has 0 aromatic heterocycles. The number of nitro groups is 2. The number of nitrogens with zero attached hydrogens (tertiary/aromatic N) is 2. The van der Waals surface area contributed by atoms with Crippen LogP contribution in [0.4, 0.5) is 5.69 Å². The molecule has 0 fully saturated rings. The van der Waals surface area contributed by atoms with Gasteiger partial charge in [-0.3, -0.25) is 25.0 Å². The Balaban J connectivity index is 2.65. The first-order valence-corrected chi connectivity index (χ1v) is 7.13. The molecule has 0 radical (unpaired) electrons. The summed E-state index contributed by atoms with van der Waals surface area (Å²) in [5.74, 6) is -0.411. The van der Waals surface area contributed by atoms with Crippen LogP contribution in [0.3, 0.4) is 0 Å². The van der Waals surface area contributed by atoms with Gasteiger partial charge in [0, 0.05) is 41.7 Å². The summed E-state index contributed by atoms with van der Waals surface area (Å²) in [5.41, 5.74) is 0.712. The van der Waals surface area contributed by atoms with Crippen LogP contribution in [0, 0.1) is 20.2 Å². The number of ketones is 1. The first-order chi connectivity index (χ1) is 11.1. The largest absolute Gasteiger partial charge is 0.289 e. The summed E-state index contributed by atoms with van der Waals surface area (Å²) >= 11 is 0. The lowest BCUT2D eigenvalue weighted by Gasteiger charge is -2.35. The van der Waals surface area contributed by atoms with Gasteiger partial charge in [0.1, 0.15) is 0 Å². The highest BCUT2D eigenvalue weighted by Crippen LogP contribution is 2.43. The van der Waals surface area contributed by atoms with E-state index in [1.54, 1.807) is 6.07 Å². The number of Topliss-reactive ketones (excluding diaryl/α,β-unsaturated/α-hetero) is 1. The molecule has 1 aromatic carbocycles. The minimum absolute atomic E-state index is 0.0620. The standard InChI is InChI=1S/C17H16N2O5/c1-10(18(21)22)5-7-14-11(2)16(20)13-9-12(19(23)24)6-8-15(13)17(14,3)4/h5-9H,2H2,1,3-4H3/b10-5+,14-7+. The van der Waals surface area contributed by atoms with Crippen molar-refractivity contribution < 1.29 is 14.6 Å². The number of fused-ring (bicyclic) bond motifs is 1. The van der Waals surface area contributed by atoms with Crippen molar-refractivity contribution >= 4 is 11.5 Å². The quantitative estimate of drug-likeness (QED) is 0.477. The van der Waals surface area contributed by atoms with E-state index in [9.17, 15) is 25.0 Å². The average Bonchev–Trinajstić information content (AvgIpc) is 2.51. The normalized spacial score (nSPS) is 18.5. The van der Waals surface area contributed by atoms with Gasteiger partial charge >= 0.3 is 0 Å². The second-order valence-electron chi connectivity index (χ2n) is 6.07. The molecule has 0 bridgehead atoms. The molecule has 0 unspecified atom stereocenters. The number of carbonyl (C=O) groups is 1. The summed E-state index contributed by atoms with van der Waals surface area (Å²) in [4.78, 5) is 33.1. The Morgan fingerprint density at radius 2 is 1.88 bits per heavy atom. The van der Waals surface area contributed by atoms with Crippen LogP contribution in [-0.4, -0.2) is 15.6 Å². The predicted octanol–water partition coefficient (Wildman–Crippen LogP) is 3.73. The molecule has 0 heterocycles. The number of carbonyl (C=O) groups excluding carboxylic acids is 1. The monoisotopic (exact) mass is 328 g/mol. The molecular weight excluding hydrogens is 312 g/mol. The minimum atomic E-state index is -0.664. The van der Waals surface area contributed by atoms with Gasteiger partial charge in [-0.05, 0) is 11.1 Å². The summed E-state index contributed by atoms with van der Waals surface area (Å²) in [6.45, 7) is 8.82. The Hall–Kier alpha value is -3.09. The molecule has 7 heteroatoms. The van der Waals surface area contributed by atoms with Gasteiger partial charge in [-0.2, -0.15) is 0 Å². The van der Waals surface area contributed by atoms with E-state index in [2.05, 4.69) is 6.58 Å². The molecule has 0 amide bonds. The molecule has 7 nitrogen and oxygen atoms in total. The maximum absolute atomic E-state index is 12.6. The number of hydrogen-bond acceptors (Lipinski definition) is 5. The van der Waals surface area contributed by atoms with Crippen LogP contribution in [0.5, 0.6) is 0 Å². The van der Waals surface area contributed by atoms with E-state index < -0.39 is 21.0 Å². The van der Waals surface area contributed by atoms with Crippen molar-refractivity contribution in [2.24, 2.45) is 0 Å². The summed E-state index contributed by atoms with van der Waals surface area (Å²) in [6.07, 6.45) is 2.84. The minimum Gasteiger partial charge on any atom is -0.289 e. The fourth-order valence-electron chi connectivity index (χ4n) is 2.76. The van der Waals surface area contributed by atoms with Gasteiger partial charge in [-0.1, -0.05) is 32.6 Å². The van der Waals surface area contributed by atoms with Crippen LogP contribution in [0.25, 0.3) is 0 Å². The van der Waals surface area contributed by atoms with E-state index in [0.29, 0.717) is 11.1 Å². The zero-order valence-electron chi connectivity index (χ0n) is 13.5. The third-order valence-corrected chi connectivity index (χ3v) is 4.18. The van der Waals surface area contributed by atoms with E-state index in [4.69, 9.17) is 0 Å². The van der Waals surface area contributed by atoms with Crippen LogP contribution >= 0.6 is 0 Å². The van der Waals surface area contributed by atoms with E-state index in [1.165, 1.54) is 31.2 Å². The topological polar surface area (TPSA) is 103 Å². The highest BCUT2D eigenvalue weighted by molar-refractivity contribution is 6.15. The van der Waals surface area contributed by atoms with Gasteiger partial charge in [0.2, 0.25) is 5.70 Å². The SMILES string of the molecule is C=C1C(=O)c2cc([N+](=O)[O-])ccc2C(C)(C)/C1=C/C=C(\C)[N+](=O)[O-]. The maximum Gasteiger partial charge on any atom is 0.270 e. The summed E-state index contributed by atoms with van der Waals surface area (Å²) in [6, 6.07) is 4.15. The molecule has 124 valence electrons. The highest BCUT2D eigenvalue weighted by atomic mass is 16.6. The van der Waals surface area contributed by atoms with Crippen molar-refractivity contribution in [2.75, 3.05) is 0 Å². The molecular formula is C17H16N2O5. The second kappa shape index (κ2) is 5.84. The van der Waals surface area contributed by atoms with Gasteiger partial charge in [-0.25, -0.2) is 0 Å². The lowest BCUT2D eigenvalue weighted by atomic mass is 9.66. The van der Waals surface area contributed by atoms with Crippen molar-refractivity contribution in [3.05, 3.63) is 85.1 Å². The van der Waals surface area contributed by atoms with Gasteiger partial charge in [0.15, 0.2) is 5.78 Å². The molecule has 24 heavy (non-hydrogen) atoms. The lowest BCUT2D eigenvalue weighted by Crippen LogP contribution is -2.31. The Morgan fingerprint density at radius 1 is 1.25 bits per heavy atom. The Morgan fingerprint density at radius 3 is 2.42 bits per heavy atom. The van der Waals surface area contributed by atoms with Crippen LogP contribution in [-0.2, 0) is 5.41 Å². The van der Waals surface area contributed by atoms with Gasteiger partial charge in [0.05, 0.1) is 9.85 Å². The van der Waals surface area contributed by atoms with Crippen LogP contribution < -0.4 is 0 Å². The fraction of sp³-hybridized carbons (Fsp3) is 0.235. The van der Waals surface area contributed by atoms with Crippen molar-refractivity contribution in [3.8, 4) is 0 Å². The first kappa shape index (κ1) is 17.3. The molecule has 1 aliphatic rings. The zero-order chi connectivity index (χ0) is 18.2. The van der Waals surface area contributed by atoms with Gasteiger partial charge in [0.25, 0.3) is 5.69 Å². The lowest BCUT2D eigenvalue weighted by molar-refractivity contribution is -0.424. The third-order valence-electron chi connectivity index (χ3n) is 4.18. The summed E-state index contributed by atoms with van der Waals surface area (Å²) < 4.78 is 0. The second-order valence-corrected chi connectivity index (χ2v) is 6.07. The first-order valence-electron chi connectivity index (χ1n) is 7.13. The fourth-order valence-corrected chi connectivity index (χ4v) is 2.76. The number of hydrogen-bond donors (Lipinski definition) is 0. The molecule has 1 aromatic rings. The number of rotatable bonds is 3. The van der Waals surface area contributed by atoms with E-state index in [-0.39, 0.29) is 22.5 Å². The molecule has 2 rings (SSSR count). The van der Waals surface area contributed by atoms with Crippen LogP contribution in [0.2, 0.25) is 0 Å². The Kier molecular flexibility index (Phi) is 4.20. The molecule has 1 aliphatic carbocycles. The van der Waals surface area contributed by atoms with Gasteiger partial charge < -0.3 is 0 Å².